The summed E-state index contributed by atoms with van der Waals surface area (Å²) in [6, 6.07) is 16.3. The van der Waals surface area contributed by atoms with E-state index in [1.807, 2.05) is 12.1 Å². The lowest BCUT2D eigenvalue weighted by molar-refractivity contribution is 0.0616. The van der Waals surface area contributed by atoms with Crippen LogP contribution in [0.3, 0.4) is 0 Å². The van der Waals surface area contributed by atoms with Gasteiger partial charge in [-0.1, -0.05) is 36.4 Å². The second kappa shape index (κ2) is 5.38. The summed E-state index contributed by atoms with van der Waals surface area (Å²) >= 11 is 0. The summed E-state index contributed by atoms with van der Waals surface area (Å²) < 4.78 is 12.9. The lowest BCUT2D eigenvalue weighted by Gasteiger charge is -2.22. The molecule has 0 atom stereocenters. The zero-order valence-electron chi connectivity index (χ0n) is 12.4. The van der Waals surface area contributed by atoms with Gasteiger partial charge in [-0.15, -0.1) is 0 Å². The van der Waals surface area contributed by atoms with Crippen LogP contribution in [0.4, 0.5) is 4.39 Å². The van der Waals surface area contributed by atoms with Crippen LogP contribution in [0.2, 0.25) is 0 Å². The summed E-state index contributed by atoms with van der Waals surface area (Å²) in [7, 11) is 0. The lowest BCUT2D eigenvalue weighted by atomic mass is 9.95. The fraction of sp³-hybridized carbons (Fsp3) is 0. The van der Waals surface area contributed by atoms with Crippen molar-refractivity contribution in [3.05, 3.63) is 83.2 Å². The highest BCUT2D eigenvalue weighted by molar-refractivity contribution is 6.25. The van der Waals surface area contributed by atoms with Crippen molar-refractivity contribution in [2.24, 2.45) is 5.10 Å². The van der Waals surface area contributed by atoms with Gasteiger partial charge in [0.1, 0.15) is 5.82 Å². The minimum Gasteiger partial charge on any atom is -0.267 e. The number of hydrazone groups is 1. The molecule has 0 aromatic heterocycles. The maximum absolute atomic E-state index is 12.9. The van der Waals surface area contributed by atoms with E-state index in [-0.39, 0.29) is 5.82 Å². The van der Waals surface area contributed by atoms with E-state index in [1.165, 1.54) is 30.5 Å². The number of hydrogen-bond acceptors (Lipinski definition) is 3. The second-order valence-corrected chi connectivity index (χ2v) is 5.43. The van der Waals surface area contributed by atoms with Gasteiger partial charge in [-0.2, -0.15) is 10.1 Å². The van der Waals surface area contributed by atoms with Gasteiger partial charge in [0.25, 0.3) is 11.8 Å². The van der Waals surface area contributed by atoms with Crippen LogP contribution in [0.5, 0.6) is 0 Å². The molecule has 3 aromatic carbocycles. The molecule has 4 rings (SSSR count). The molecule has 0 fully saturated rings. The number of imide groups is 1. The maximum atomic E-state index is 12.9. The van der Waals surface area contributed by atoms with E-state index in [0.29, 0.717) is 22.1 Å². The van der Waals surface area contributed by atoms with Crippen LogP contribution in [0.15, 0.2) is 65.8 Å². The largest absolute Gasteiger partial charge is 0.282 e. The molecule has 5 heteroatoms. The second-order valence-electron chi connectivity index (χ2n) is 5.43. The monoisotopic (exact) mass is 318 g/mol. The third kappa shape index (κ3) is 2.18. The summed E-state index contributed by atoms with van der Waals surface area (Å²) in [5, 5.41) is 6.36. The molecule has 0 radical (unpaired) electrons. The molecule has 4 nitrogen and oxygen atoms in total. The molecule has 0 spiro atoms. The molecule has 1 heterocycles. The first kappa shape index (κ1) is 14.3. The summed E-state index contributed by atoms with van der Waals surface area (Å²) in [6.45, 7) is 0. The van der Waals surface area contributed by atoms with Crippen molar-refractivity contribution in [3.63, 3.8) is 0 Å². The first-order valence-electron chi connectivity index (χ1n) is 7.35. The normalized spacial score (nSPS) is 14.0. The van der Waals surface area contributed by atoms with Gasteiger partial charge in [0.15, 0.2) is 0 Å². The molecule has 116 valence electrons. The molecule has 0 saturated carbocycles. The summed E-state index contributed by atoms with van der Waals surface area (Å²) in [4.78, 5) is 25.2. The number of halogens is 1. The first-order chi connectivity index (χ1) is 11.6. The Bertz CT molecular complexity index is 959. The Labute approximate surface area is 136 Å². The Hall–Kier alpha value is -3.34. The van der Waals surface area contributed by atoms with Crippen LogP contribution in [-0.4, -0.2) is 23.0 Å². The van der Waals surface area contributed by atoms with Crippen molar-refractivity contribution in [3.8, 4) is 0 Å². The Morgan fingerprint density at radius 2 is 1.42 bits per heavy atom. The standard InChI is InChI=1S/C19H11FN2O2/c20-14-9-7-12(8-10-14)11-21-22-18(23)15-5-1-3-13-4-2-6-16(17(13)15)19(22)24/h1-11H/b21-11+. The van der Waals surface area contributed by atoms with Crippen LogP contribution >= 0.6 is 0 Å². The molecule has 0 saturated heterocycles. The van der Waals surface area contributed by atoms with E-state index in [9.17, 15) is 14.0 Å². The lowest BCUT2D eigenvalue weighted by Crippen LogP contribution is -2.36. The molecule has 1 aliphatic rings. The van der Waals surface area contributed by atoms with Crippen LogP contribution in [0.1, 0.15) is 26.3 Å². The molecule has 3 aromatic rings. The Balaban J connectivity index is 1.78. The van der Waals surface area contributed by atoms with E-state index in [4.69, 9.17) is 0 Å². The highest BCUT2D eigenvalue weighted by Gasteiger charge is 2.32. The number of carbonyl (C=O) groups is 2. The van der Waals surface area contributed by atoms with Crippen LogP contribution < -0.4 is 0 Å². The number of hydrogen-bond donors (Lipinski definition) is 0. The first-order valence-corrected chi connectivity index (χ1v) is 7.35. The summed E-state index contributed by atoms with van der Waals surface area (Å²) in [6.07, 6.45) is 1.36. The molecule has 0 aliphatic carbocycles. The van der Waals surface area contributed by atoms with Crippen molar-refractivity contribution in [1.29, 1.82) is 0 Å². The topological polar surface area (TPSA) is 49.7 Å². The third-order valence-electron chi connectivity index (χ3n) is 3.94. The summed E-state index contributed by atoms with van der Waals surface area (Å²) in [5.74, 6) is -1.30. The van der Waals surface area contributed by atoms with E-state index >= 15 is 0 Å². The van der Waals surface area contributed by atoms with Crippen molar-refractivity contribution < 1.29 is 14.0 Å². The minimum absolute atomic E-state index is 0.363. The van der Waals surface area contributed by atoms with Gasteiger partial charge in [-0.05, 0) is 35.2 Å². The highest BCUT2D eigenvalue weighted by atomic mass is 19.1. The van der Waals surface area contributed by atoms with E-state index < -0.39 is 11.8 Å². The predicted molar refractivity (Wildman–Crippen MR) is 88.4 cm³/mol. The molecule has 2 amide bonds. The van der Waals surface area contributed by atoms with Gasteiger partial charge in [0.2, 0.25) is 0 Å². The van der Waals surface area contributed by atoms with Gasteiger partial charge in [0.05, 0.1) is 17.3 Å². The van der Waals surface area contributed by atoms with Gasteiger partial charge >= 0.3 is 0 Å². The van der Waals surface area contributed by atoms with E-state index in [1.54, 1.807) is 24.3 Å². The average Bonchev–Trinajstić information content (AvgIpc) is 2.61. The van der Waals surface area contributed by atoms with Crippen LogP contribution in [-0.2, 0) is 0 Å². The smallest absolute Gasteiger partial charge is 0.267 e. The molecular weight excluding hydrogens is 307 g/mol. The zero-order chi connectivity index (χ0) is 16.7. The number of benzene rings is 3. The van der Waals surface area contributed by atoms with E-state index in [2.05, 4.69) is 5.10 Å². The predicted octanol–water partition coefficient (Wildman–Crippen LogP) is 3.61. The average molecular weight is 318 g/mol. The number of rotatable bonds is 2. The van der Waals surface area contributed by atoms with Crippen LogP contribution in [0.25, 0.3) is 10.8 Å². The van der Waals surface area contributed by atoms with Gasteiger partial charge in [0, 0.05) is 5.39 Å². The highest BCUT2D eigenvalue weighted by Crippen LogP contribution is 2.29. The minimum atomic E-state index is -0.470. The maximum Gasteiger partial charge on any atom is 0.282 e. The Morgan fingerprint density at radius 3 is 2.00 bits per heavy atom. The quantitative estimate of drug-likeness (QED) is 0.535. The van der Waals surface area contributed by atoms with Crippen LogP contribution in [0, 0.1) is 5.82 Å². The molecule has 0 unspecified atom stereocenters. The van der Waals surface area contributed by atoms with Gasteiger partial charge in [-0.25, -0.2) is 4.39 Å². The van der Waals surface area contributed by atoms with Gasteiger partial charge in [-0.3, -0.25) is 9.59 Å². The Morgan fingerprint density at radius 1 is 0.833 bits per heavy atom. The van der Waals surface area contributed by atoms with Crippen molar-refractivity contribution >= 4 is 28.8 Å². The van der Waals surface area contributed by atoms with Crippen molar-refractivity contribution in [1.82, 2.24) is 5.01 Å². The van der Waals surface area contributed by atoms with E-state index in [0.717, 1.165) is 10.4 Å². The third-order valence-corrected chi connectivity index (χ3v) is 3.94. The van der Waals surface area contributed by atoms with Crippen molar-refractivity contribution in [2.45, 2.75) is 0 Å². The summed E-state index contributed by atoms with van der Waals surface area (Å²) in [5.41, 5.74) is 1.48. The SMILES string of the molecule is O=C1c2cccc3cccc(c23)C(=O)N1/N=C/c1ccc(F)cc1. The molecular formula is C19H11FN2O2. The molecule has 0 N–H and O–H groups in total. The Kier molecular flexibility index (Phi) is 3.20. The molecule has 24 heavy (non-hydrogen) atoms. The zero-order valence-corrected chi connectivity index (χ0v) is 12.4. The molecule has 0 bridgehead atoms. The number of carbonyl (C=O) groups excluding carboxylic acids is 2. The molecule has 1 aliphatic heterocycles. The van der Waals surface area contributed by atoms with Gasteiger partial charge < -0.3 is 0 Å². The van der Waals surface area contributed by atoms with Crippen molar-refractivity contribution in [2.75, 3.05) is 0 Å². The fourth-order valence-electron chi connectivity index (χ4n) is 2.80. The number of amides is 2. The number of nitrogens with zero attached hydrogens (tertiary/aromatic N) is 2. The fourth-order valence-corrected chi connectivity index (χ4v) is 2.80.